The molecule has 2 aliphatic rings. The van der Waals surface area contributed by atoms with Gasteiger partial charge in [0.2, 0.25) is 5.91 Å². The van der Waals surface area contributed by atoms with Crippen LogP contribution in [-0.2, 0) is 4.79 Å². The normalized spacial score (nSPS) is 20.3. The summed E-state index contributed by atoms with van der Waals surface area (Å²) >= 11 is 0. The third-order valence-electron chi connectivity index (χ3n) is 5.00. The summed E-state index contributed by atoms with van der Waals surface area (Å²) in [5.41, 5.74) is 3.37. The van der Waals surface area contributed by atoms with Crippen molar-refractivity contribution in [1.82, 2.24) is 10.2 Å². The first-order chi connectivity index (χ1) is 12.5. The highest BCUT2D eigenvalue weighted by molar-refractivity contribution is 7.59. The Balaban J connectivity index is 0.00000210. The van der Waals surface area contributed by atoms with Crippen molar-refractivity contribution in [3.05, 3.63) is 70.8 Å². The minimum Gasteiger partial charge on any atom is -0.507 e. The number of carbonyl (C=O) groups excluding carboxylic acids is 2. The van der Waals surface area contributed by atoms with E-state index in [1.807, 2.05) is 48.2 Å². The van der Waals surface area contributed by atoms with E-state index in [9.17, 15) is 14.7 Å². The number of benzene rings is 2. The van der Waals surface area contributed by atoms with E-state index in [2.05, 4.69) is 5.32 Å². The van der Waals surface area contributed by atoms with Gasteiger partial charge in [-0.05, 0) is 30.2 Å². The molecule has 2 atom stereocenters. The van der Waals surface area contributed by atoms with E-state index in [1.165, 1.54) is 6.07 Å². The van der Waals surface area contributed by atoms with E-state index in [0.717, 1.165) is 16.7 Å². The number of aryl methyl sites for hydroxylation is 1. The second-order valence-corrected chi connectivity index (χ2v) is 6.87. The van der Waals surface area contributed by atoms with Gasteiger partial charge in [0.25, 0.3) is 5.91 Å². The van der Waals surface area contributed by atoms with Crippen LogP contribution in [0.1, 0.15) is 39.5 Å². The third-order valence-corrected chi connectivity index (χ3v) is 5.00. The molecule has 0 spiro atoms. The molecular weight excluding hydrogens is 360 g/mol. The first kappa shape index (κ1) is 19.0. The molecule has 2 amide bonds. The third kappa shape index (κ3) is 3.57. The van der Waals surface area contributed by atoms with Crippen LogP contribution in [0.15, 0.2) is 48.5 Å². The zero-order valence-electron chi connectivity index (χ0n) is 15.0. The van der Waals surface area contributed by atoms with Crippen LogP contribution in [0.2, 0.25) is 0 Å². The molecule has 1 fully saturated rings. The number of nitrogens with one attached hydrogen (secondary N) is 1. The molecule has 4 rings (SSSR count). The molecule has 2 aromatic rings. The molecule has 0 radical (unpaired) electrons. The second kappa shape index (κ2) is 7.48. The highest BCUT2D eigenvalue weighted by atomic mass is 32.1. The van der Waals surface area contributed by atoms with Gasteiger partial charge in [-0.25, -0.2) is 0 Å². The Morgan fingerprint density at radius 2 is 2.00 bits per heavy atom. The van der Waals surface area contributed by atoms with Gasteiger partial charge in [0.1, 0.15) is 5.75 Å². The number of aromatic hydroxyl groups is 1. The van der Waals surface area contributed by atoms with Crippen LogP contribution in [0.3, 0.4) is 0 Å². The quantitative estimate of drug-likeness (QED) is 0.858. The number of fused-ring (bicyclic) bond motifs is 1. The Hall–Kier alpha value is -2.73. The Labute approximate surface area is 165 Å². The molecule has 1 saturated heterocycles. The van der Waals surface area contributed by atoms with E-state index in [0.29, 0.717) is 6.54 Å². The van der Waals surface area contributed by atoms with Gasteiger partial charge in [0.05, 0.1) is 17.6 Å². The lowest BCUT2D eigenvalue weighted by Crippen LogP contribution is -2.37. The molecule has 0 saturated carbocycles. The summed E-state index contributed by atoms with van der Waals surface area (Å²) in [5.74, 6) is -0.384. The highest BCUT2D eigenvalue weighted by Gasteiger charge is 2.36. The number of nitrogens with zero attached hydrogens (tertiary/aromatic N) is 1. The molecule has 2 N–H and O–H groups in total. The fraction of sp³-hybridized carbons (Fsp3) is 0.238. The van der Waals surface area contributed by atoms with Gasteiger partial charge in [-0.3, -0.25) is 9.59 Å². The average Bonchev–Trinajstić information content (AvgIpc) is 3.20. The average molecular weight is 382 g/mol. The Kier molecular flexibility index (Phi) is 5.28. The molecule has 1 unspecified atom stereocenters. The molecule has 0 bridgehead atoms. The van der Waals surface area contributed by atoms with Gasteiger partial charge < -0.3 is 15.3 Å². The lowest BCUT2D eigenvalue weighted by atomic mass is 10.1. The standard InChI is InChI=1S/C21H20N2O3.H2S/c1-13-6-9-19(24)17(10-13)21(26)22-15-11-20(25)23(12-15)18-8-7-14-4-2-3-5-16(14)18;/h2-10,15,18,24H,11-12H2,1H3,(H,22,26);1H2/t15-,18?;/m0./s1. The van der Waals surface area contributed by atoms with Crippen LogP contribution in [-0.4, -0.2) is 34.4 Å². The number of hydrogen-bond acceptors (Lipinski definition) is 3. The molecule has 2 aromatic carbocycles. The first-order valence-corrected chi connectivity index (χ1v) is 8.70. The van der Waals surface area contributed by atoms with E-state index < -0.39 is 0 Å². The van der Waals surface area contributed by atoms with Gasteiger partial charge >= 0.3 is 0 Å². The van der Waals surface area contributed by atoms with Gasteiger partial charge in [0.15, 0.2) is 0 Å². The predicted octanol–water partition coefficient (Wildman–Crippen LogP) is 2.91. The van der Waals surface area contributed by atoms with Crippen molar-refractivity contribution < 1.29 is 14.7 Å². The van der Waals surface area contributed by atoms with E-state index in [1.54, 1.807) is 12.1 Å². The summed E-state index contributed by atoms with van der Waals surface area (Å²) in [5, 5.41) is 12.8. The Morgan fingerprint density at radius 1 is 1.22 bits per heavy atom. The van der Waals surface area contributed by atoms with Crippen LogP contribution >= 0.6 is 13.5 Å². The monoisotopic (exact) mass is 382 g/mol. The van der Waals surface area contributed by atoms with Crippen molar-refractivity contribution in [1.29, 1.82) is 0 Å². The highest BCUT2D eigenvalue weighted by Crippen LogP contribution is 2.35. The van der Waals surface area contributed by atoms with E-state index in [-0.39, 0.29) is 55.1 Å². The number of rotatable bonds is 3. The van der Waals surface area contributed by atoms with Gasteiger partial charge in [-0.1, -0.05) is 48.0 Å². The van der Waals surface area contributed by atoms with Crippen LogP contribution in [0, 0.1) is 6.92 Å². The summed E-state index contributed by atoms with van der Waals surface area (Å²) in [4.78, 5) is 26.8. The minimum atomic E-state index is -0.354. The summed E-state index contributed by atoms with van der Waals surface area (Å²) in [6, 6.07) is 12.6. The number of phenols is 1. The van der Waals surface area contributed by atoms with Gasteiger partial charge in [-0.15, -0.1) is 0 Å². The maximum Gasteiger partial charge on any atom is 0.255 e. The van der Waals surface area contributed by atoms with E-state index in [4.69, 9.17) is 0 Å². The molecule has 1 heterocycles. The number of phenolic OH excluding ortho intramolecular Hbond substituents is 1. The summed E-state index contributed by atoms with van der Waals surface area (Å²) in [6.45, 7) is 2.32. The molecule has 140 valence electrons. The van der Waals surface area contributed by atoms with Crippen LogP contribution in [0.25, 0.3) is 6.08 Å². The topological polar surface area (TPSA) is 69.6 Å². The number of hydrogen-bond donors (Lipinski definition) is 2. The Bertz CT molecular complexity index is 925. The zero-order chi connectivity index (χ0) is 18.3. The molecule has 6 heteroatoms. The summed E-state index contributed by atoms with van der Waals surface area (Å²) < 4.78 is 0. The lowest BCUT2D eigenvalue weighted by molar-refractivity contribution is -0.128. The van der Waals surface area contributed by atoms with Crippen LogP contribution < -0.4 is 5.32 Å². The maximum atomic E-state index is 12.5. The molecule has 0 aromatic heterocycles. The van der Waals surface area contributed by atoms with Crippen LogP contribution in [0.4, 0.5) is 0 Å². The van der Waals surface area contributed by atoms with Crippen molar-refractivity contribution in [3.8, 4) is 5.75 Å². The predicted molar refractivity (Wildman–Crippen MR) is 109 cm³/mol. The molecule has 27 heavy (non-hydrogen) atoms. The van der Waals surface area contributed by atoms with Crippen LogP contribution in [0.5, 0.6) is 5.75 Å². The second-order valence-electron chi connectivity index (χ2n) is 6.87. The van der Waals surface area contributed by atoms with Crippen molar-refractivity contribution in [2.24, 2.45) is 0 Å². The number of likely N-dealkylation sites (tertiary alicyclic amines) is 1. The fourth-order valence-electron chi connectivity index (χ4n) is 3.69. The van der Waals surface area contributed by atoms with E-state index >= 15 is 0 Å². The largest absolute Gasteiger partial charge is 0.507 e. The maximum absolute atomic E-state index is 12.5. The first-order valence-electron chi connectivity index (χ1n) is 8.70. The number of carbonyl (C=O) groups is 2. The molecule has 5 nitrogen and oxygen atoms in total. The zero-order valence-corrected chi connectivity index (χ0v) is 16.0. The van der Waals surface area contributed by atoms with Gasteiger partial charge in [0, 0.05) is 13.0 Å². The molecule has 1 aliphatic carbocycles. The minimum absolute atomic E-state index is 0. The van der Waals surface area contributed by atoms with Crippen molar-refractivity contribution in [2.75, 3.05) is 6.54 Å². The molecule has 1 aliphatic heterocycles. The Morgan fingerprint density at radius 3 is 2.81 bits per heavy atom. The van der Waals surface area contributed by atoms with Crippen molar-refractivity contribution >= 4 is 31.4 Å². The smallest absolute Gasteiger partial charge is 0.255 e. The molecular formula is C21H22N2O3S. The van der Waals surface area contributed by atoms with Gasteiger partial charge in [-0.2, -0.15) is 13.5 Å². The number of amides is 2. The lowest BCUT2D eigenvalue weighted by Gasteiger charge is -2.24. The SMILES string of the molecule is Cc1ccc(O)c(C(=O)N[C@H]2CC(=O)N(C3C=Cc4ccccc43)C2)c1.S. The summed E-state index contributed by atoms with van der Waals surface area (Å²) in [6.07, 6.45) is 4.33. The van der Waals surface area contributed by atoms with Crippen molar-refractivity contribution in [3.63, 3.8) is 0 Å². The fourth-order valence-corrected chi connectivity index (χ4v) is 3.69. The van der Waals surface area contributed by atoms with Crippen molar-refractivity contribution in [2.45, 2.75) is 25.4 Å². The summed E-state index contributed by atoms with van der Waals surface area (Å²) in [7, 11) is 0.